The summed E-state index contributed by atoms with van der Waals surface area (Å²) in [6.07, 6.45) is 6.02. The van der Waals surface area contributed by atoms with Gasteiger partial charge in [-0.25, -0.2) is 9.59 Å². The molecular weight excluding hydrogens is 498 g/mol. The number of methoxy groups -OCH3 is 2. The minimum atomic E-state index is -0.467. The summed E-state index contributed by atoms with van der Waals surface area (Å²) >= 11 is 0. The van der Waals surface area contributed by atoms with E-state index in [0.717, 1.165) is 34.2 Å². The summed E-state index contributed by atoms with van der Waals surface area (Å²) in [5.74, 6) is 0.329. The minimum Gasteiger partial charge on any atom is -0.497 e. The predicted molar refractivity (Wildman–Crippen MR) is 142 cm³/mol. The molecule has 0 aliphatic carbocycles. The highest BCUT2D eigenvalue weighted by Crippen LogP contribution is 2.37. The molecule has 10 nitrogen and oxygen atoms in total. The molecule has 2 aromatic heterocycles. The molecule has 0 bridgehead atoms. The molecule has 1 aliphatic heterocycles. The van der Waals surface area contributed by atoms with E-state index in [4.69, 9.17) is 14.2 Å². The fraction of sp³-hybridized carbons (Fsp3) is 0.310. The highest BCUT2D eigenvalue weighted by molar-refractivity contribution is 5.92. The predicted octanol–water partition coefficient (Wildman–Crippen LogP) is 4.83. The molecule has 200 valence electrons. The average molecular weight is 528 g/mol. The van der Waals surface area contributed by atoms with Crippen molar-refractivity contribution >= 4 is 23.0 Å². The van der Waals surface area contributed by atoms with Crippen LogP contribution in [0.25, 0.3) is 10.9 Å². The SMILES string of the molecule is COC(=O)c1ccc(C2CC(n3cc(C#N)cn3)CCN2COC(=O)n2ccc3cc(OC)cc(C)c32)cc1. The molecule has 3 heterocycles. The second-order valence-electron chi connectivity index (χ2n) is 9.55. The number of carbonyl (C=O) groups excluding carboxylic acids is 2. The largest absolute Gasteiger partial charge is 0.497 e. The van der Waals surface area contributed by atoms with Crippen LogP contribution >= 0.6 is 0 Å². The van der Waals surface area contributed by atoms with Gasteiger partial charge in [0.15, 0.2) is 0 Å². The molecule has 0 spiro atoms. The normalized spacial score (nSPS) is 17.5. The van der Waals surface area contributed by atoms with Gasteiger partial charge in [0.05, 0.1) is 43.1 Å². The van der Waals surface area contributed by atoms with Crippen molar-refractivity contribution in [2.45, 2.75) is 31.8 Å². The number of hydrogen-bond donors (Lipinski definition) is 0. The Morgan fingerprint density at radius 1 is 1.15 bits per heavy atom. The standard InChI is InChI=1S/C29H29N5O5/c1-19-12-25(37-2)13-23-8-11-33(27(19)23)29(36)39-18-32-10-9-24(34-17-20(15-30)16-31-34)14-26(32)21-4-6-22(7-5-21)28(35)38-3/h4-8,11-13,16-17,24,26H,9-10,14,18H2,1-3H3. The van der Waals surface area contributed by atoms with Crippen LogP contribution in [0.4, 0.5) is 4.79 Å². The van der Waals surface area contributed by atoms with Crippen LogP contribution in [0.1, 0.15) is 52.0 Å². The van der Waals surface area contributed by atoms with Gasteiger partial charge in [-0.2, -0.15) is 10.4 Å². The molecule has 0 amide bonds. The third kappa shape index (κ3) is 5.22. The van der Waals surface area contributed by atoms with Crippen LogP contribution in [-0.2, 0) is 9.47 Å². The summed E-state index contributed by atoms with van der Waals surface area (Å²) in [6, 6.07) is 15.0. The van der Waals surface area contributed by atoms with Gasteiger partial charge in [-0.1, -0.05) is 12.1 Å². The van der Waals surface area contributed by atoms with E-state index in [-0.39, 0.29) is 18.8 Å². The summed E-state index contributed by atoms with van der Waals surface area (Å²) < 4.78 is 19.3. The van der Waals surface area contributed by atoms with E-state index in [1.807, 2.05) is 41.9 Å². The second kappa shape index (κ2) is 11.0. The number of esters is 1. The zero-order valence-electron chi connectivity index (χ0n) is 22.0. The van der Waals surface area contributed by atoms with Gasteiger partial charge in [-0.05, 0) is 61.2 Å². The van der Waals surface area contributed by atoms with Gasteiger partial charge in [-0.3, -0.25) is 14.1 Å². The Hall–Kier alpha value is -4.62. The summed E-state index contributed by atoms with van der Waals surface area (Å²) in [4.78, 5) is 27.2. The van der Waals surface area contributed by atoms with Crippen molar-refractivity contribution in [3.05, 3.63) is 83.3 Å². The smallest absolute Gasteiger partial charge is 0.419 e. The second-order valence-corrected chi connectivity index (χ2v) is 9.55. The van der Waals surface area contributed by atoms with Crippen LogP contribution in [0.5, 0.6) is 5.75 Å². The van der Waals surface area contributed by atoms with E-state index >= 15 is 0 Å². The maximum Gasteiger partial charge on any atom is 0.419 e. The number of nitrogens with zero attached hydrogens (tertiary/aromatic N) is 5. The molecule has 1 aliphatic rings. The lowest BCUT2D eigenvalue weighted by Crippen LogP contribution is -2.40. The van der Waals surface area contributed by atoms with Gasteiger partial charge in [-0.15, -0.1) is 0 Å². The Balaban J connectivity index is 1.37. The van der Waals surface area contributed by atoms with Crippen molar-refractivity contribution in [1.82, 2.24) is 19.2 Å². The Morgan fingerprint density at radius 2 is 1.95 bits per heavy atom. The zero-order chi connectivity index (χ0) is 27.5. The van der Waals surface area contributed by atoms with E-state index in [2.05, 4.69) is 16.1 Å². The molecule has 1 fully saturated rings. The van der Waals surface area contributed by atoms with Gasteiger partial charge in [0, 0.05) is 30.4 Å². The molecule has 2 unspecified atom stereocenters. The number of aryl methyl sites for hydroxylation is 1. The van der Waals surface area contributed by atoms with Gasteiger partial charge >= 0.3 is 12.1 Å². The van der Waals surface area contributed by atoms with Crippen LogP contribution in [0.15, 0.2) is 61.1 Å². The van der Waals surface area contributed by atoms with Gasteiger partial charge in [0.2, 0.25) is 0 Å². The first kappa shape index (κ1) is 26.0. The first-order valence-electron chi connectivity index (χ1n) is 12.6. The summed E-state index contributed by atoms with van der Waals surface area (Å²) in [7, 11) is 2.97. The van der Waals surface area contributed by atoms with E-state index in [9.17, 15) is 14.9 Å². The average Bonchev–Trinajstić information content (AvgIpc) is 3.63. The fourth-order valence-electron chi connectivity index (χ4n) is 5.23. The van der Waals surface area contributed by atoms with Crippen molar-refractivity contribution < 1.29 is 23.8 Å². The fourth-order valence-corrected chi connectivity index (χ4v) is 5.23. The van der Waals surface area contributed by atoms with Crippen LogP contribution in [0.3, 0.4) is 0 Å². The number of fused-ring (bicyclic) bond motifs is 1. The first-order chi connectivity index (χ1) is 18.9. The Kier molecular flexibility index (Phi) is 7.34. The maximum absolute atomic E-state index is 13.2. The molecule has 10 heteroatoms. The minimum absolute atomic E-state index is 0.0651. The molecule has 2 aromatic carbocycles. The Morgan fingerprint density at radius 3 is 2.64 bits per heavy atom. The van der Waals surface area contributed by atoms with E-state index in [1.165, 1.54) is 11.7 Å². The zero-order valence-corrected chi connectivity index (χ0v) is 22.0. The number of aromatic nitrogens is 3. The van der Waals surface area contributed by atoms with Crippen molar-refractivity contribution in [2.24, 2.45) is 0 Å². The molecule has 1 saturated heterocycles. The third-order valence-electron chi connectivity index (χ3n) is 7.24. The molecule has 0 N–H and O–H groups in total. The number of rotatable bonds is 6. The number of piperidine rings is 1. The lowest BCUT2D eigenvalue weighted by molar-refractivity contribution is 0.0126. The molecule has 0 saturated carbocycles. The summed E-state index contributed by atoms with van der Waals surface area (Å²) in [5.41, 5.74) is 3.64. The molecule has 4 aromatic rings. The number of nitriles is 1. The highest BCUT2D eigenvalue weighted by atomic mass is 16.6. The molecule has 39 heavy (non-hydrogen) atoms. The van der Waals surface area contributed by atoms with Crippen molar-refractivity contribution in [1.29, 1.82) is 5.26 Å². The number of hydrogen-bond acceptors (Lipinski definition) is 8. The van der Waals surface area contributed by atoms with Gasteiger partial charge in [0.1, 0.15) is 18.5 Å². The van der Waals surface area contributed by atoms with Gasteiger partial charge in [0.25, 0.3) is 0 Å². The summed E-state index contributed by atoms with van der Waals surface area (Å²) in [5, 5.41) is 14.5. The van der Waals surface area contributed by atoms with Crippen LogP contribution in [0.2, 0.25) is 0 Å². The summed E-state index contributed by atoms with van der Waals surface area (Å²) in [6.45, 7) is 2.67. The molecule has 5 rings (SSSR count). The monoisotopic (exact) mass is 527 g/mol. The highest BCUT2D eigenvalue weighted by Gasteiger charge is 2.32. The van der Waals surface area contributed by atoms with Crippen molar-refractivity contribution in [2.75, 3.05) is 27.5 Å². The lowest BCUT2D eigenvalue weighted by atomic mass is 9.91. The van der Waals surface area contributed by atoms with Gasteiger partial charge < -0.3 is 14.2 Å². The molecule has 0 radical (unpaired) electrons. The van der Waals surface area contributed by atoms with Crippen LogP contribution in [-0.4, -0.2) is 58.8 Å². The number of ether oxygens (including phenoxy) is 3. The quantitative estimate of drug-likeness (QED) is 0.328. The molecular formula is C29H29N5O5. The van der Waals surface area contributed by atoms with Crippen molar-refractivity contribution in [3.63, 3.8) is 0 Å². The number of carbonyl (C=O) groups is 2. The van der Waals surface area contributed by atoms with E-state index < -0.39 is 12.1 Å². The van der Waals surface area contributed by atoms with Crippen LogP contribution < -0.4 is 4.74 Å². The Bertz CT molecular complexity index is 1550. The van der Waals surface area contributed by atoms with E-state index in [1.54, 1.807) is 37.8 Å². The topological polar surface area (TPSA) is 112 Å². The third-order valence-corrected chi connectivity index (χ3v) is 7.24. The van der Waals surface area contributed by atoms with Crippen LogP contribution in [0, 0.1) is 18.3 Å². The Labute approximate surface area is 225 Å². The van der Waals surface area contributed by atoms with E-state index in [0.29, 0.717) is 24.1 Å². The van der Waals surface area contributed by atoms with Crippen molar-refractivity contribution in [3.8, 4) is 11.8 Å². The lowest BCUT2D eigenvalue weighted by Gasteiger charge is -2.39. The number of likely N-dealkylation sites (tertiary alicyclic amines) is 1. The number of benzene rings is 2. The maximum atomic E-state index is 13.2. The first-order valence-corrected chi connectivity index (χ1v) is 12.6. The molecule has 2 atom stereocenters.